The van der Waals surface area contributed by atoms with Crippen molar-refractivity contribution in [3.8, 4) is 11.5 Å². The third-order valence-corrected chi connectivity index (χ3v) is 4.38. The molecule has 4 nitrogen and oxygen atoms in total. The Kier molecular flexibility index (Phi) is 7.19. The molecule has 2 rings (SSSR count). The first kappa shape index (κ1) is 16.5. The van der Waals surface area contributed by atoms with Crippen LogP contribution in [0.1, 0.15) is 31.4 Å². The van der Waals surface area contributed by atoms with Gasteiger partial charge in [-0.2, -0.15) is 11.8 Å². The van der Waals surface area contributed by atoms with E-state index in [1.807, 2.05) is 6.07 Å². The molecule has 0 aromatic heterocycles. The molecule has 0 saturated heterocycles. The van der Waals surface area contributed by atoms with E-state index in [1.165, 1.54) is 5.56 Å². The van der Waals surface area contributed by atoms with Crippen LogP contribution in [0.15, 0.2) is 18.2 Å². The molecule has 0 saturated carbocycles. The van der Waals surface area contributed by atoms with Crippen LogP contribution in [0.3, 0.4) is 0 Å². The smallest absolute Gasteiger partial charge is 0.161 e. The van der Waals surface area contributed by atoms with Crippen LogP contribution in [0.4, 0.5) is 0 Å². The quantitative estimate of drug-likeness (QED) is 0.723. The summed E-state index contributed by atoms with van der Waals surface area (Å²) in [6.07, 6.45) is 2.03. The lowest BCUT2D eigenvalue weighted by atomic mass is 10.1. The van der Waals surface area contributed by atoms with Crippen LogP contribution >= 0.6 is 11.8 Å². The second-order valence-corrected chi connectivity index (χ2v) is 6.21. The fourth-order valence-corrected chi connectivity index (χ4v) is 3.10. The predicted octanol–water partition coefficient (Wildman–Crippen LogP) is 2.61. The molecule has 1 heterocycles. The first-order valence-corrected chi connectivity index (χ1v) is 8.82. The minimum Gasteiger partial charge on any atom is -0.490 e. The lowest BCUT2D eigenvalue weighted by Gasteiger charge is -2.20. The number of fused-ring (bicyclic) bond motifs is 1. The third kappa shape index (κ3) is 5.09. The van der Waals surface area contributed by atoms with Crippen molar-refractivity contribution in [3.63, 3.8) is 0 Å². The summed E-state index contributed by atoms with van der Waals surface area (Å²) in [7, 11) is 0. The molecule has 2 N–H and O–H groups in total. The number of aliphatic hydroxyl groups excluding tert-OH is 1. The first-order valence-electron chi connectivity index (χ1n) is 7.66. The standard InChI is InChI=1S/C16H25NO3S/c1-2-6-17-14(12-21-10-7-18)13-4-5-15-16(11-13)20-9-3-8-19-15/h4-5,11,14,17-18H,2-3,6-10,12H2,1H3. The van der Waals surface area contributed by atoms with Crippen molar-refractivity contribution in [3.05, 3.63) is 23.8 Å². The average Bonchev–Trinajstić information content (AvgIpc) is 2.75. The van der Waals surface area contributed by atoms with Gasteiger partial charge in [0.05, 0.1) is 19.8 Å². The molecule has 1 aromatic carbocycles. The molecule has 21 heavy (non-hydrogen) atoms. The van der Waals surface area contributed by atoms with E-state index in [0.29, 0.717) is 6.61 Å². The molecule has 1 unspecified atom stereocenters. The zero-order valence-electron chi connectivity index (χ0n) is 12.6. The Hall–Kier alpha value is -0.910. The molecule has 0 amide bonds. The molecule has 1 atom stereocenters. The summed E-state index contributed by atoms with van der Waals surface area (Å²) in [6.45, 7) is 4.81. The highest BCUT2D eigenvalue weighted by Gasteiger charge is 2.16. The Morgan fingerprint density at radius 3 is 2.86 bits per heavy atom. The van der Waals surface area contributed by atoms with Crippen LogP contribution in [0.2, 0.25) is 0 Å². The van der Waals surface area contributed by atoms with Crippen LogP contribution in [0.25, 0.3) is 0 Å². The maximum Gasteiger partial charge on any atom is 0.161 e. The maximum absolute atomic E-state index is 8.94. The van der Waals surface area contributed by atoms with E-state index < -0.39 is 0 Å². The minimum atomic E-state index is 0.228. The van der Waals surface area contributed by atoms with Gasteiger partial charge < -0.3 is 19.9 Å². The van der Waals surface area contributed by atoms with Crippen LogP contribution in [0.5, 0.6) is 11.5 Å². The van der Waals surface area contributed by atoms with E-state index in [0.717, 1.165) is 49.0 Å². The summed E-state index contributed by atoms with van der Waals surface area (Å²) in [6, 6.07) is 6.49. The number of benzene rings is 1. The number of aliphatic hydroxyl groups is 1. The third-order valence-electron chi connectivity index (χ3n) is 3.33. The van der Waals surface area contributed by atoms with Gasteiger partial charge in [0.25, 0.3) is 0 Å². The number of ether oxygens (including phenoxy) is 2. The predicted molar refractivity (Wildman–Crippen MR) is 87.5 cm³/mol. The van der Waals surface area contributed by atoms with Crippen LogP contribution < -0.4 is 14.8 Å². The summed E-state index contributed by atoms with van der Waals surface area (Å²) >= 11 is 1.76. The molecule has 118 valence electrons. The van der Waals surface area contributed by atoms with Crippen molar-refractivity contribution in [2.45, 2.75) is 25.8 Å². The largest absolute Gasteiger partial charge is 0.490 e. The second kappa shape index (κ2) is 9.18. The Morgan fingerprint density at radius 2 is 2.10 bits per heavy atom. The lowest BCUT2D eigenvalue weighted by Crippen LogP contribution is -2.24. The molecule has 1 aliphatic rings. The lowest BCUT2D eigenvalue weighted by molar-refractivity contribution is 0.297. The summed E-state index contributed by atoms with van der Waals surface area (Å²) in [5.41, 5.74) is 1.22. The molecule has 0 spiro atoms. The van der Waals surface area contributed by atoms with E-state index in [9.17, 15) is 0 Å². The van der Waals surface area contributed by atoms with Gasteiger partial charge in [0.2, 0.25) is 0 Å². The van der Waals surface area contributed by atoms with Gasteiger partial charge in [-0.1, -0.05) is 13.0 Å². The van der Waals surface area contributed by atoms with Gasteiger partial charge in [0.1, 0.15) is 0 Å². The maximum atomic E-state index is 8.94. The Labute approximate surface area is 131 Å². The van der Waals surface area contributed by atoms with Gasteiger partial charge in [-0.05, 0) is 30.7 Å². The van der Waals surface area contributed by atoms with E-state index in [-0.39, 0.29) is 12.6 Å². The van der Waals surface area contributed by atoms with E-state index in [1.54, 1.807) is 11.8 Å². The monoisotopic (exact) mass is 311 g/mol. The zero-order chi connectivity index (χ0) is 14.9. The molecule has 0 bridgehead atoms. The number of nitrogens with one attached hydrogen (secondary N) is 1. The number of hydrogen-bond donors (Lipinski definition) is 2. The average molecular weight is 311 g/mol. The van der Waals surface area contributed by atoms with Crippen molar-refractivity contribution in [2.75, 3.05) is 37.9 Å². The first-order chi connectivity index (χ1) is 10.3. The highest BCUT2D eigenvalue weighted by molar-refractivity contribution is 7.99. The van der Waals surface area contributed by atoms with Gasteiger partial charge in [0, 0.05) is 24.0 Å². The Morgan fingerprint density at radius 1 is 1.29 bits per heavy atom. The fraction of sp³-hybridized carbons (Fsp3) is 0.625. The van der Waals surface area contributed by atoms with E-state index in [4.69, 9.17) is 14.6 Å². The molecule has 0 fully saturated rings. The highest BCUT2D eigenvalue weighted by atomic mass is 32.2. The molecule has 1 aliphatic heterocycles. The van der Waals surface area contributed by atoms with Gasteiger partial charge in [-0.3, -0.25) is 0 Å². The van der Waals surface area contributed by atoms with Crippen molar-refractivity contribution >= 4 is 11.8 Å². The van der Waals surface area contributed by atoms with Crippen LogP contribution in [0, 0.1) is 0 Å². The van der Waals surface area contributed by atoms with Crippen molar-refractivity contribution in [2.24, 2.45) is 0 Å². The van der Waals surface area contributed by atoms with E-state index in [2.05, 4.69) is 24.4 Å². The SMILES string of the molecule is CCCNC(CSCCO)c1ccc2c(c1)OCCCO2. The molecular formula is C16H25NO3S. The van der Waals surface area contributed by atoms with Crippen LogP contribution in [-0.4, -0.2) is 43.0 Å². The summed E-state index contributed by atoms with van der Waals surface area (Å²) in [4.78, 5) is 0. The molecule has 5 heteroatoms. The molecular weight excluding hydrogens is 286 g/mol. The van der Waals surface area contributed by atoms with Crippen molar-refractivity contribution in [1.82, 2.24) is 5.32 Å². The van der Waals surface area contributed by atoms with Gasteiger partial charge in [-0.15, -0.1) is 0 Å². The van der Waals surface area contributed by atoms with Crippen LogP contribution in [-0.2, 0) is 0 Å². The van der Waals surface area contributed by atoms with Crippen molar-refractivity contribution < 1.29 is 14.6 Å². The van der Waals surface area contributed by atoms with Gasteiger partial charge in [-0.25, -0.2) is 0 Å². The topological polar surface area (TPSA) is 50.7 Å². The second-order valence-electron chi connectivity index (χ2n) is 5.06. The highest BCUT2D eigenvalue weighted by Crippen LogP contribution is 2.33. The number of hydrogen-bond acceptors (Lipinski definition) is 5. The van der Waals surface area contributed by atoms with Gasteiger partial charge in [0.15, 0.2) is 11.5 Å². The Bertz CT molecular complexity index is 428. The van der Waals surface area contributed by atoms with Gasteiger partial charge >= 0.3 is 0 Å². The van der Waals surface area contributed by atoms with E-state index >= 15 is 0 Å². The summed E-state index contributed by atoms with van der Waals surface area (Å²) in [5, 5.41) is 12.5. The van der Waals surface area contributed by atoms with Crippen molar-refractivity contribution in [1.29, 1.82) is 0 Å². The Balaban J connectivity index is 2.08. The fourth-order valence-electron chi connectivity index (χ4n) is 2.25. The number of rotatable bonds is 8. The minimum absolute atomic E-state index is 0.228. The molecule has 1 aromatic rings. The molecule has 0 aliphatic carbocycles. The summed E-state index contributed by atoms with van der Waals surface area (Å²) in [5.74, 6) is 3.41. The number of thioether (sulfide) groups is 1. The zero-order valence-corrected chi connectivity index (χ0v) is 13.5. The molecule has 0 radical (unpaired) electrons. The normalized spacial score (nSPS) is 15.5. The summed E-state index contributed by atoms with van der Waals surface area (Å²) < 4.78 is 11.4.